The van der Waals surface area contributed by atoms with Crippen LogP contribution in [0.25, 0.3) is 0 Å². The maximum absolute atomic E-state index is 5.75. The van der Waals surface area contributed by atoms with Crippen LogP contribution in [0.15, 0.2) is 29.3 Å². The third kappa shape index (κ3) is 9.86. The Kier molecular flexibility index (Phi) is 13.0. The third-order valence-electron chi connectivity index (χ3n) is 4.76. The summed E-state index contributed by atoms with van der Waals surface area (Å²) in [5.41, 5.74) is 0. The number of ether oxygens (including phenoxy) is 3. The van der Waals surface area contributed by atoms with Crippen molar-refractivity contribution in [2.75, 3.05) is 60.2 Å². The van der Waals surface area contributed by atoms with Crippen LogP contribution >= 0.6 is 24.0 Å². The molecule has 0 aliphatic carbocycles. The second kappa shape index (κ2) is 14.7. The molecule has 0 radical (unpaired) electrons. The van der Waals surface area contributed by atoms with Gasteiger partial charge in [0.15, 0.2) is 5.96 Å². The second-order valence-electron chi connectivity index (χ2n) is 7.34. The lowest BCUT2D eigenvalue weighted by molar-refractivity contribution is 0.0132. The molecular weight excluding hydrogens is 483 g/mol. The third-order valence-corrected chi connectivity index (χ3v) is 4.76. The zero-order valence-corrected chi connectivity index (χ0v) is 20.5. The predicted molar refractivity (Wildman–Crippen MR) is 129 cm³/mol. The van der Waals surface area contributed by atoms with E-state index in [1.807, 2.05) is 24.3 Å². The molecule has 1 unspecified atom stereocenters. The minimum absolute atomic E-state index is 0. The van der Waals surface area contributed by atoms with Gasteiger partial charge in [-0.1, -0.05) is 13.8 Å². The molecule has 29 heavy (non-hydrogen) atoms. The summed E-state index contributed by atoms with van der Waals surface area (Å²) < 4.78 is 16.4. The molecule has 1 heterocycles. The van der Waals surface area contributed by atoms with E-state index in [1.54, 1.807) is 14.2 Å². The van der Waals surface area contributed by atoms with E-state index in [0.717, 1.165) is 56.7 Å². The van der Waals surface area contributed by atoms with Crippen LogP contribution in [0.5, 0.6) is 11.5 Å². The van der Waals surface area contributed by atoms with Gasteiger partial charge in [0.1, 0.15) is 18.1 Å². The van der Waals surface area contributed by atoms with Gasteiger partial charge in [-0.25, -0.2) is 0 Å². The van der Waals surface area contributed by atoms with Crippen LogP contribution in [0.3, 0.4) is 0 Å². The van der Waals surface area contributed by atoms with Crippen LogP contribution in [0.4, 0.5) is 0 Å². The highest BCUT2D eigenvalue weighted by Gasteiger charge is 2.22. The fourth-order valence-corrected chi connectivity index (χ4v) is 3.29. The van der Waals surface area contributed by atoms with Crippen LogP contribution in [0.2, 0.25) is 0 Å². The lowest BCUT2D eigenvalue weighted by Crippen LogP contribution is -2.51. The van der Waals surface area contributed by atoms with Crippen molar-refractivity contribution in [3.63, 3.8) is 0 Å². The molecule has 1 atom stereocenters. The number of methoxy groups -OCH3 is 1. The van der Waals surface area contributed by atoms with Crippen LogP contribution in [0, 0.1) is 5.92 Å². The molecule has 1 aromatic rings. The first-order valence-electron chi connectivity index (χ1n) is 10.2. The van der Waals surface area contributed by atoms with E-state index in [4.69, 9.17) is 14.2 Å². The summed E-state index contributed by atoms with van der Waals surface area (Å²) in [6.07, 6.45) is 1.16. The number of nitrogens with zero attached hydrogens (tertiary/aromatic N) is 2. The minimum atomic E-state index is 0. The van der Waals surface area contributed by atoms with Crippen molar-refractivity contribution in [3.05, 3.63) is 24.3 Å². The maximum atomic E-state index is 5.75. The number of morpholine rings is 1. The normalized spacial score (nSPS) is 16.1. The van der Waals surface area contributed by atoms with Gasteiger partial charge in [0.05, 0.1) is 26.9 Å². The maximum Gasteiger partial charge on any atom is 0.191 e. The first-order valence-corrected chi connectivity index (χ1v) is 10.2. The average Bonchev–Trinajstić information content (AvgIpc) is 2.73. The van der Waals surface area contributed by atoms with E-state index in [2.05, 4.69) is 34.4 Å². The topological polar surface area (TPSA) is 67.4 Å². The summed E-state index contributed by atoms with van der Waals surface area (Å²) in [6, 6.07) is 8.08. The Morgan fingerprint density at radius 1 is 1.14 bits per heavy atom. The zero-order chi connectivity index (χ0) is 20.2. The van der Waals surface area contributed by atoms with Gasteiger partial charge in [-0.05, 0) is 36.6 Å². The number of aliphatic imine (C=N–C) groups is 1. The molecule has 7 nitrogen and oxygen atoms in total. The Morgan fingerprint density at radius 2 is 1.79 bits per heavy atom. The van der Waals surface area contributed by atoms with Gasteiger partial charge in [-0.2, -0.15) is 0 Å². The van der Waals surface area contributed by atoms with Crippen molar-refractivity contribution in [2.45, 2.75) is 26.3 Å². The molecular formula is C21H37IN4O3. The summed E-state index contributed by atoms with van der Waals surface area (Å²) in [6.45, 7) is 10.3. The molecule has 2 N–H and O–H groups in total. The van der Waals surface area contributed by atoms with Crippen LogP contribution < -0.4 is 20.1 Å². The van der Waals surface area contributed by atoms with Gasteiger partial charge in [0, 0.05) is 32.7 Å². The standard InChI is InChI=1S/C21H36N4O3.HI/c1-17(2)15-18(25-10-13-27-14-11-25)16-24-21(22-3)23-9-12-28-20-7-5-19(26-4)6-8-20;/h5-8,17-18H,9-16H2,1-4H3,(H2,22,23,24);1H. The van der Waals surface area contributed by atoms with E-state index in [9.17, 15) is 0 Å². The number of halogens is 1. The average molecular weight is 520 g/mol. The second-order valence-corrected chi connectivity index (χ2v) is 7.34. The predicted octanol–water partition coefficient (Wildman–Crippen LogP) is 2.60. The number of hydrogen-bond donors (Lipinski definition) is 2. The Bertz CT molecular complexity index is 578. The van der Waals surface area contributed by atoms with Gasteiger partial charge in [0.25, 0.3) is 0 Å². The fourth-order valence-electron chi connectivity index (χ4n) is 3.29. The van der Waals surface area contributed by atoms with Crippen molar-refractivity contribution in [3.8, 4) is 11.5 Å². The molecule has 0 saturated carbocycles. The highest BCUT2D eigenvalue weighted by Crippen LogP contribution is 2.16. The van der Waals surface area contributed by atoms with E-state index in [1.165, 1.54) is 0 Å². The summed E-state index contributed by atoms with van der Waals surface area (Å²) in [5, 5.41) is 6.79. The van der Waals surface area contributed by atoms with Gasteiger partial charge < -0.3 is 24.8 Å². The summed E-state index contributed by atoms with van der Waals surface area (Å²) in [7, 11) is 3.45. The molecule has 0 spiro atoms. The molecule has 1 aliphatic heterocycles. The Labute approximate surface area is 192 Å². The molecule has 0 bridgehead atoms. The van der Waals surface area contributed by atoms with Crippen LogP contribution in [-0.4, -0.2) is 77.1 Å². The number of benzene rings is 1. The Balaban J connectivity index is 0.00000420. The van der Waals surface area contributed by atoms with E-state index < -0.39 is 0 Å². The number of hydrogen-bond acceptors (Lipinski definition) is 5. The summed E-state index contributed by atoms with van der Waals surface area (Å²) in [4.78, 5) is 6.86. The fraction of sp³-hybridized carbons (Fsp3) is 0.667. The largest absolute Gasteiger partial charge is 0.497 e. The molecule has 1 saturated heterocycles. The van der Waals surface area contributed by atoms with Crippen LogP contribution in [-0.2, 0) is 4.74 Å². The molecule has 166 valence electrons. The van der Waals surface area contributed by atoms with Crippen molar-refractivity contribution in [1.29, 1.82) is 0 Å². The van der Waals surface area contributed by atoms with Crippen LogP contribution in [0.1, 0.15) is 20.3 Å². The Hall–Kier alpha value is -1.26. The van der Waals surface area contributed by atoms with Crippen molar-refractivity contribution >= 4 is 29.9 Å². The number of nitrogens with one attached hydrogen (secondary N) is 2. The van der Waals surface area contributed by atoms with Gasteiger partial charge in [-0.3, -0.25) is 9.89 Å². The molecule has 1 aromatic carbocycles. The van der Waals surface area contributed by atoms with Crippen molar-refractivity contribution in [1.82, 2.24) is 15.5 Å². The quantitative estimate of drug-likeness (QED) is 0.214. The van der Waals surface area contributed by atoms with Crippen molar-refractivity contribution < 1.29 is 14.2 Å². The lowest BCUT2D eigenvalue weighted by Gasteiger charge is -2.35. The van der Waals surface area contributed by atoms with E-state index >= 15 is 0 Å². The monoisotopic (exact) mass is 520 g/mol. The van der Waals surface area contributed by atoms with Gasteiger partial charge in [-0.15, -0.1) is 24.0 Å². The highest BCUT2D eigenvalue weighted by atomic mass is 127. The summed E-state index contributed by atoms with van der Waals surface area (Å²) >= 11 is 0. The first-order chi connectivity index (χ1) is 13.6. The highest BCUT2D eigenvalue weighted by molar-refractivity contribution is 14.0. The molecule has 1 fully saturated rings. The lowest BCUT2D eigenvalue weighted by atomic mass is 10.0. The number of rotatable bonds is 10. The van der Waals surface area contributed by atoms with Gasteiger partial charge >= 0.3 is 0 Å². The first kappa shape index (κ1) is 25.8. The minimum Gasteiger partial charge on any atom is -0.497 e. The SMILES string of the molecule is CN=C(NCCOc1ccc(OC)cc1)NCC(CC(C)C)N1CCOCC1.I. The molecule has 1 aliphatic rings. The molecule has 8 heteroatoms. The zero-order valence-electron chi connectivity index (χ0n) is 18.1. The Morgan fingerprint density at radius 3 is 2.38 bits per heavy atom. The number of guanidine groups is 1. The van der Waals surface area contributed by atoms with E-state index in [0.29, 0.717) is 25.1 Å². The molecule has 0 aromatic heterocycles. The molecule has 0 amide bonds. The van der Waals surface area contributed by atoms with E-state index in [-0.39, 0.29) is 24.0 Å². The summed E-state index contributed by atoms with van der Waals surface area (Å²) in [5.74, 6) is 3.11. The van der Waals surface area contributed by atoms with Crippen molar-refractivity contribution in [2.24, 2.45) is 10.9 Å². The smallest absolute Gasteiger partial charge is 0.191 e. The van der Waals surface area contributed by atoms with Gasteiger partial charge in [0.2, 0.25) is 0 Å². The molecule has 2 rings (SSSR count).